The molecule has 0 fully saturated rings. The minimum atomic E-state index is -0.374. The Morgan fingerprint density at radius 2 is 2.29 bits per heavy atom. The lowest BCUT2D eigenvalue weighted by Crippen LogP contribution is -2.16. The number of aromatic hydroxyl groups is 1. The summed E-state index contributed by atoms with van der Waals surface area (Å²) in [5.41, 5.74) is 0.869. The Hall–Kier alpha value is -1.62. The molecule has 0 unspecified atom stereocenters. The first kappa shape index (κ1) is 13.4. The number of allylic oxidation sites excluding steroid dienone is 2. The largest absolute Gasteiger partial charge is 0.494 e. The summed E-state index contributed by atoms with van der Waals surface area (Å²) in [6.45, 7) is 7.82. The van der Waals surface area contributed by atoms with Gasteiger partial charge < -0.3 is 5.11 Å². The highest BCUT2D eigenvalue weighted by Gasteiger charge is 2.09. The van der Waals surface area contributed by atoms with Crippen LogP contribution in [0.25, 0.3) is 6.08 Å². The van der Waals surface area contributed by atoms with Crippen LogP contribution in [0.15, 0.2) is 23.0 Å². The van der Waals surface area contributed by atoms with Crippen LogP contribution in [0.4, 0.5) is 0 Å². The molecule has 0 spiro atoms. The van der Waals surface area contributed by atoms with Crippen LogP contribution in [-0.4, -0.2) is 14.7 Å². The quantitative estimate of drug-likeness (QED) is 0.639. The van der Waals surface area contributed by atoms with Gasteiger partial charge in [0.2, 0.25) is 5.88 Å². The van der Waals surface area contributed by atoms with Crippen molar-refractivity contribution < 1.29 is 5.11 Å². The summed E-state index contributed by atoms with van der Waals surface area (Å²) in [6, 6.07) is 0. The van der Waals surface area contributed by atoms with E-state index in [1.54, 1.807) is 12.2 Å². The predicted octanol–water partition coefficient (Wildman–Crippen LogP) is 2.61. The van der Waals surface area contributed by atoms with Crippen molar-refractivity contribution in [3.05, 3.63) is 38.9 Å². The van der Waals surface area contributed by atoms with Crippen LogP contribution in [0.2, 0.25) is 0 Å². The predicted molar refractivity (Wildman–Crippen MR) is 71.7 cm³/mol. The SMILES string of the molecule is C=CCn1c(O)c(C=C(C)CC)c(=O)[nH]c1=S. The first-order valence-corrected chi connectivity index (χ1v) is 5.76. The number of nitrogens with one attached hydrogen (secondary N) is 1. The van der Waals surface area contributed by atoms with Gasteiger partial charge in [-0.2, -0.15) is 0 Å². The lowest BCUT2D eigenvalue weighted by Gasteiger charge is -2.09. The minimum Gasteiger partial charge on any atom is -0.494 e. The molecule has 1 heterocycles. The molecule has 17 heavy (non-hydrogen) atoms. The van der Waals surface area contributed by atoms with E-state index in [1.165, 1.54) is 4.57 Å². The molecule has 1 rings (SSSR count). The van der Waals surface area contributed by atoms with E-state index in [0.717, 1.165) is 12.0 Å². The molecule has 0 aromatic carbocycles. The highest BCUT2D eigenvalue weighted by Crippen LogP contribution is 2.17. The van der Waals surface area contributed by atoms with Crippen LogP contribution in [0.1, 0.15) is 25.8 Å². The van der Waals surface area contributed by atoms with Gasteiger partial charge in [0.05, 0.1) is 5.56 Å². The van der Waals surface area contributed by atoms with Crippen molar-refractivity contribution in [2.75, 3.05) is 0 Å². The Labute approximate surface area is 105 Å². The van der Waals surface area contributed by atoms with Crippen molar-refractivity contribution in [3.63, 3.8) is 0 Å². The van der Waals surface area contributed by atoms with Crippen molar-refractivity contribution in [1.29, 1.82) is 0 Å². The van der Waals surface area contributed by atoms with Gasteiger partial charge in [0.1, 0.15) is 0 Å². The second-order valence-corrected chi connectivity index (χ2v) is 4.13. The zero-order valence-corrected chi connectivity index (χ0v) is 10.8. The summed E-state index contributed by atoms with van der Waals surface area (Å²) in [4.78, 5) is 14.2. The molecule has 92 valence electrons. The minimum absolute atomic E-state index is 0.119. The number of aromatic amines is 1. The van der Waals surface area contributed by atoms with Gasteiger partial charge >= 0.3 is 0 Å². The summed E-state index contributed by atoms with van der Waals surface area (Å²) in [5, 5.41) is 10.0. The maximum Gasteiger partial charge on any atom is 0.262 e. The molecule has 0 aliphatic carbocycles. The van der Waals surface area contributed by atoms with E-state index in [0.29, 0.717) is 6.54 Å². The summed E-state index contributed by atoms with van der Waals surface area (Å²) in [7, 11) is 0. The molecule has 0 aliphatic heterocycles. The molecular weight excluding hydrogens is 236 g/mol. The summed E-state index contributed by atoms with van der Waals surface area (Å²) in [5.74, 6) is -0.119. The normalized spacial score (nSPS) is 11.5. The van der Waals surface area contributed by atoms with Crippen LogP contribution in [-0.2, 0) is 6.54 Å². The Kier molecular flexibility index (Phi) is 4.45. The van der Waals surface area contributed by atoms with E-state index in [2.05, 4.69) is 11.6 Å². The van der Waals surface area contributed by atoms with Crippen molar-refractivity contribution in [1.82, 2.24) is 9.55 Å². The van der Waals surface area contributed by atoms with Crippen LogP contribution in [0, 0.1) is 4.77 Å². The number of hydrogen-bond acceptors (Lipinski definition) is 3. The zero-order chi connectivity index (χ0) is 13.0. The molecule has 5 heteroatoms. The Morgan fingerprint density at radius 3 is 2.82 bits per heavy atom. The third kappa shape index (κ3) is 2.94. The topological polar surface area (TPSA) is 58.0 Å². The fraction of sp³-hybridized carbons (Fsp3) is 0.333. The van der Waals surface area contributed by atoms with Gasteiger partial charge in [-0.25, -0.2) is 0 Å². The Balaban J connectivity index is 3.51. The molecule has 0 radical (unpaired) electrons. The first-order chi connectivity index (χ1) is 8.01. The molecule has 0 amide bonds. The number of rotatable bonds is 4. The molecule has 0 saturated heterocycles. The fourth-order valence-corrected chi connectivity index (χ4v) is 1.61. The first-order valence-electron chi connectivity index (χ1n) is 5.35. The van der Waals surface area contributed by atoms with E-state index >= 15 is 0 Å². The van der Waals surface area contributed by atoms with Crippen molar-refractivity contribution in [2.24, 2.45) is 0 Å². The lowest BCUT2D eigenvalue weighted by molar-refractivity contribution is 0.412. The van der Waals surface area contributed by atoms with E-state index in [9.17, 15) is 9.90 Å². The van der Waals surface area contributed by atoms with Gasteiger partial charge in [-0.1, -0.05) is 18.6 Å². The Bertz CT molecular complexity index is 567. The molecule has 0 aliphatic rings. The van der Waals surface area contributed by atoms with Gasteiger partial charge in [0.15, 0.2) is 4.77 Å². The number of H-pyrrole nitrogens is 1. The maximum absolute atomic E-state index is 11.7. The van der Waals surface area contributed by atoms with Crippen LogP contribution >= 0.6 is 12.2 Å². The molecule has 0 bridgehead atoms. The number of hydrogen-bond donors (Lipinski definition) is 2. The molecule has 1 aromatic heterocycles. The molecule has 0 saturated carbocycles. The van der Waals surface area contributed by atoms with Crippen molar-refractivity contribution in [2.45, 2.75) is 26.8 Å². The summed E-state index contributed by atoms with van der Waals surface area (Å²) in [6.07, 6.45) is 4.09. The van der Waals surface area contributed by atoms with Gasteiger partial charge in [0.25, 0.3) is 5.56 Å². The van der Waals surface area contributed by atoms with Crippen LogP contribution in [0.3, 0.4) is 0 Å². The Morgan fingerprint density at radius 1 is 1.65 bits per heavy atom. The highest BCUT2D eigenvalue weighted by atomic mass is 32.1. The second kappa shape index (κ2) is 5.63. The standard InChI is InChI=1S/C12H16N2O2S/c1-4-6-14-11(16)9(7-8(3)5-2)10(15)13-12(14)17/h4,7,16H,1,5-6H2,2-3H3,(H,13,15,17). The number of aromatic nitrogens is 2. The third-order valence-corrected chi connectivity index (χ3v) is 2.79. The van der Waals surface area contributed by atoms with E-state index in [4.69, 9.17) is 12.2 Å². The summed E-state index contributed by atoms with van der Waals surface area (Å²) >= 11 is 4.97. The maximum atomic E-state index is 11.7. The molecule has 2 N–H and O–H groups in total. The van der Waals surface area contributed by atoms with E-state index in [-0.39, 0.29) is 21.8 Å². The number of nitrogens with zero attached hydrogens (tertiary/aromatic N) is 1. The van der Waals surface area contributed by atoms with E-state index < -0.39 is 0 Å². The molecular formula is C12H16N2O2S. The lowest BCUT2D eigenvalue weighted by atomic mass is 10.1. The summed E-state index contributed by atoms with van der Waals surface area (Å²) < 4.78 is 1.62. The molecule has 1 aromatic rings. The monoisotopic (exact) mass is 252 g/mol. The highest BCUT2D eigenvalue weighted by molar-refractivity contribution is 7.71. The van der Waals surface area contributed by atoms with Crippen molar-refractivity contribution >= 4 is 18.3 Å². The van der Waals surface area contributed by atoms with E-state index in [1.807, 2.05) is 13.8 Å². The van der Waals surface area contributed by atoms with Crippen LogP contribution in [0.5, 0.6) is 5.88 Å². The average molecular weight is 252 g/mol. The second-order valence-electron chi connectivity index (χ2n) is 3.74. The van der Waals surface area contributed by atoms with Gasteiger partial charge in [-0.3, -0.25) is 14.3 Å². The zero-order valence-electron chi connectivity index (χ0n) is 9.99. The molecule has 0 atom stereocenters. The molecule has 4 nitrogen and oxygen atoms in total. The van der Waals surface area contributed by atoms with Crippen molar-refractivity contribution in [3.8, 4) is 5.88 Å². The fourth-order valence-electron chi connectivity index (χ4n) is 1.35. The third-order valence-electron chi connectivity index (χ3n) is 2.47. The van der Waals surface area contributed by atoms with Gasteiger partial charge in [-0.05, 0) is 31.6 Å². The van der Waals surface area contributed by atoms with Gasteiger partial charge in [-0.15, -0.1) is 6.58 Å². The van der Waals surface area contributed by atoms with Gasteiger partial charge in [0, 0.05) is 6.54 Å². The smallest absolute Gasteiger partial charge is 0.262 e. The van der Waals surface area contributed by atoms with Crippen LogP contribution < -0.4 is 5.56 Å². The average Bonchev–Trinajstić information content (AvgIpc) is 2.29.